The number of nitrogen functional groups attached to an aromatic ring is 1. The summed E-state index contributed by atoms with van der Waals surface area (Å²) < 4.78 is 51.4. The normalized spacial score (nSPS) is 11.2. The molecule has 0 spiro atoms. The van der Waals surface area contributed by atoms with Crippen LogP contribution in [0.25, 0.3) is 0 Å². The summed E-state index contributed by atoms with van der Waals surface area (Å²) in [7, 11) is 0. The molecule has 0 bridgehead atoms. The minimum atomic E-state index is -4.64. The maximum atomic E-state index is 13.0. The van der Waals surface area contributed by atoms with Crippen molar-refractivity contribution in [2.45, 2.75) is 6.18 Å². The molecule has 0 atom stereocenters. The van der Waals surface area contributed by atoms with Gasteiger partial charge in [-0.15, -0.1) is 0 Å². The first-order chi connectivity index (χ1) is 9.79. The van der Waals surface area contributed by atoms with E-state index in [1.807, 2.05) is 0 Å². The molecule has 0 radical (unpaired) electrons. The fourth-order valence-electron chi connectivity index (χ4n) is 1.75. The van der Waals surface area contributed by atoms with E-state index in [4.69, 9.17) is 5.73 Å². The zero-order valence-corrected chi connectivity index (χ0v) is 10.5. The van der Waals surface area contributed by atoms with Gasteiger partial charge in [0, 0.05) is 5.69 Å². The zero-order chi connectivity index (χ0) is 15.6. The van der Waals surface area contributed by atoms with Crippen molar-refractivity contribution in [1.29, 1.82) is 0 Å². The van der Waals surface area contributed by atoms with Gasteiger partial charge in [0.1, 0.15) is 5.82 Å². The summed E-state index contributed by atoms with van der Waals surface area (Å²) in [4.78, 5) is 11.9. The average molecular weight is 298 g/mol. The molecule has 2 aromatic carbocycles. The predicted octanol–water partition coefficient (Wildman–Crippen LogP) is 3.68. The summed E-state index contributed by atoms with van der Waals surface area (Å²) in [6.45, 7) is 0. The molecule has 0 heterocycles. The van der Waals surface area contributed by atoms with Crippen molar-refractivity contribution in [1.82, 2.24) is 0 Å². The number of amides is 1. The van der Waals surface area contributed by atoms with E-state index < -0.39 is 29.0 Å². The van der Waals surface area contributed by atoms with Crippen LogP contribution in [0.3, 0.4) is 0 Å². The Balaban J connectivity index is 2.31. The molecule has 2 rings (SSSR count). The largest absolute Gasteiger partial charge is 0.417 e. The van der Waals surface area contributed by atoms with Crippen LogP contribution in [0.15, 0.2) is 42.5 Å². The van der Waals surface area contributed by atoms with Crippen molar-refractivity contribution in [2.75, 3.05) is 11.1 Å². The van der Waals surface area contributed by atoms with E-state index in [0.29, 0.717) is 0 Å². The molecule has 0 aliphatic rings. The second-order valence-electron chi connectivity index (χ2n) is 4.23. The first kappa shape index (κ1) is 14.8. The molecule has 0 aliphatic carbocycles. The highest BCUT2D eigenvalue weighted by Crippen LogP contribution is 2.32. The van der Waals surface area contributed by atoms with Gasteiger partial charge in [-0.25, -0.2) is 4.39 Å². The second-order valence-corrected chi connectivity index (χ2v) is 4.23. The number of halogens is 4. The molecule has 2 aromatic rings. The standard InChI is InChI=1S/C14H10F4N2O/c15-11-6-5-8(7-12(11)19)20-13(21)9-3-1-2-4-10(9)14(16,17)18/h1-7H,19H2,(H,20,21). The number of hydrogen-bond acceptors (Lipinski definition) is 2. The van der Waals surface area contributed by atoms with Crippen LogP contribution in [0.5, 0.6) is 0 Å². The van der Waals surface area contributed by atoms with Crippen LogP contribution in [0.2, 0.25) is 0 Å². The van der Waals surface area contributed by atoms with Gasteiger partial charge in [0.15, 0.2) is 0 Å². The van der Waals surface area contributed by atoms with Crippen LogP contribution in [0.4, 0.5) is 28.9 Å². The monoisotopic (exact) mass is 298 g/mol. The quantitative estimate of drug-likeness (QED) is 0.656. The maximum absolute atomic E-state index is 13.0. The summed E-state index contributed by atoms with van der Waals surface area (Å²) in [6.07, 6.45) is -4.64. The SMILES string of the molecule is Nc1cc(NC(=O)c2ccccc2C(F)(F)F)ccc1F. The van der Waals surface area contributed by atoms with Crippen molar-refractivity contribution < 1.29 is 22.4 Å². The topological polar surface area (TPSA) is 55.1 Å². The first-order valence-corrected chi connectivity index (χ1v) is 5.81. The van der Waals surface area contributed by atoms with Gasteiger partial charge < -0.3 is 11.1 Å². The highest BCUT2D eigenvalue weighted by atomic mass is 19.4. The Hall–Kier alpha value is -2.57. The van der Waals surface area contributed by atoms with Crippen LogP contribution in [-0.4, -0.2) is 5.91 Å². The van der Waals surface area contributed by atoms with Gasteiger partial charge in [0.2, 0.25) is 0 Å². The highest BCUT2D eigenvalue weighted by Gasteiger charge is 2.34. The number of anilines is 2. The third-order valence-electron chi connectivity index (χ3n) is 2.73. The Morgan fingerprint density at radius 3 is 2.38 bits per heavy atom. The predicted molar refractivity (Wildman–Crippen MR) is 70.2 cm³/mol. The first-order valence-electron chi connectivity index (χ1n) is 5.81. The van der Waals surface area contributed by atoms with E-state index in [1.54, 1.807) is 0 Å². The van der Waals surface area contributed by atoms with Crippen LogP contribution >= 0.6 is 0 Å². The fourth-order valence-corrected chi connectivity index (χ4v) is 1.75. The lowest BCUT2D eigenvalue weighted by Gasteiger charge is -2.13. The molecule has 3 N–H and O–H groups in total. The molecular formula is C14H10F4N2O. The summed E-state index contributed by atoms with van der Waals surface area (Å²) in [5.41, 5.74) is 3.66. The second kappa shape index (κ2) is 5.43. The third-order valence-corrected chi connectivity index (χ3v) is 2.73. The Labute approximate surface area is 117 Å². The molecule has 0 saturated carbocycles. The molecule has 0 aliphatic heterocycles. The van der Waals surface area contributed by atoms with Gasteiger partial charge in [0.25, 0.3) is 5.91 Å². The fraction of sp³-hybridized carbons (Fsp3) is 0.0714. The van der Waals surface area contributed by atoms with Crippen LogP contribution < -0.4 is 11.1 Å². The van der Waals surface area contributed by atoms with Gasteiger partial charge in [-0.1, -0.05) is 12.1 Å². The summed E-state index contributed by atoms with van der Waals surface area (Å²) in [5.74, 6) is -1.63. The lowest BCUT2D eigenvalue weighted by molar-refractivity contribution is -0.137. The molecular weight excluding hydrogens is 288 g/mol. The Kier molecular flexibility index (Phi) is 3.84. The van der Waals surface area contributed by atoms with Crippen molar-refractivity contribution in [3.05, 3.63) is 59.4 Å². The summed E-state index contributed by atoms with van der Waals surface area (Å²) in [5, 5.41) is 2.25. The number of nitrogens with one attached hydrogen (secondary N) is 1. The minimum absolute atomic E-state index is 0.107. The Morgan fingerprint density at radius 1 is 1.10 bits per heavy atom. The van der Waals surface area contributed by atoms with E-state index in [0.717, 1.165) is 24.3 Å². The number of carbonyl (C=O) groups excluding carboxylic acids is 1. The Bertz CT molecular complexity index is 683. The van der Waals surface area contributed by atoms with E-state index in [-0.39, 0.29) is 11.4 Å². The van der Waals surface area contributed by atoms with E-state index in [1.165, 1.54) is 18.2 Å². The van der Waals surface area contributed by atoms with Gasteiger partial charge in [-0.05, 0) is 30.3 Å². The number of carbonyl (C=O) groups is 1. The molecule has 0 unspecified atom stereocenters. The Morgan fingerprint density at radius 2 is 1.76 bits per heavy atom. The minimum Gasteiger partial charge on any atom is -0.396 e. The molecule has 0 saturated heterocycles. The van der Waals surface area contributed by atoms with Gasteiger partial charge in [-0.3, -0.25) is 4.79 Å². The molecule has 1 amide bonds. The maximum Gasteiger partial charge on any atom is 0.417 e. The van der Waals surface area contributed by atoms with Crippen molar-refractivity contribution in [2.24, 2.45) is 0 Å². The molecule has 0 fully saturated rings. The van der Waals surface area contributed by atoms with Crippen molar-refractivity contribution in [3.63, 3.8) is 0 Å². The van der Waals surface area contributed by atoms with Crippen LogP contribution in [-0.2, 0) is 6.18 Å². The number of alkyl halides is 3. The third kappa shape index (κ3) is 3.31. The average Bonchev–Trinajstić information content (AvgIpc) is 2.42. The molecule has 3 nitrogen and oxygen atoms in total. The van der Waals surface area contributed by atoms with E-state index in [2.05, 4.69) is 5.32 Å². The van der Waals surface area contributed by atoms with E-state index in [9.17, 15) is 22.4 Å². The molecule has 0 aromatic heterocycles. The smallest absolute Gasteiger partial charge is 0.396 e. The lowest BCUT2D eigenvalue weighted by Crippen LogP contribution is -2.18. The molecule has 21 heavy (non-hydrogen) atoms. The van der Waals surface area contributed by atoms with E-state index >= 15 is 0 Å². The van der Waals surface area contributed by atoms with Crippen LogP contribution in [0.1, 0.15) is 15.9 Å². The summed E-state index contributed by atoms with van der Waals surface area (Å²) >= 11 is 0. The molecule has 7 heteroatoms. The zero-order valence-electron chi connectivity index (χ0n) is 10.5. The van der Waals surface area contributed by atoms with Crippen molar-refractivity contribution in [3.8, 4) is 0 Å². The number of nitrogens with two attached hydrogens (primary N) is 1. The van der Waals surface area contributed by atoms with Crippen molar-refractivity contribution >= 4 is 17.3 Å². The molecule has 110 valence electrons. The number of rotatable bonds is 2. The van der Waals surface area contributed by atoms with Crippen LogP contribution in [0, 0.1) is 5.82 Å². The highest BCUT2D eigenvalue weighted by molar-refractivity contribution is 6.05. The van der Waals surface area contributed by atoms with Gasteiger partial charge in [-0.2, -0.15) is 13.2 Å². The lowest BCUT2D eigenvalue weighted by atomic mass is 10.1. The van der Waals surface area contributed by atoms with Gasteiger partial charge in [0.05, 0.1) is 16.8 Å². The number of benzene rings is 2. The van der Waals surface area contributed by atoms with Gasteiger partial charge >= 0.3 is 6.18 Å². The summed E-state index contributed by atoms with van der Waals surface area (Å²) in [6, 6.07) is 7.74. The number of hydrogen-bond donors (Lipinski definition) is 2.